The van der Waals surface area contributed by atoms with Gasteiger partial charge < -0.3 is 15.4 Å². The van der Waals surface area contributed by atoms with E-state index in [9.17, 15) is 4.79 Å². The summed E-state index contributed by atoms with van der Waals surface area (Å²) in [6.07, 6.45) is 3.91. The van der Waals surface area contributed by atoms with E-state index in [2.05, 4.69) is 0 Å². The summed E-state index contributed by atoms with van der Waals surface area (Å²) in [4.78, 5) is 10.9. The van der Waals surface area contributed by atoms with Gasteiger partial charge in [0, 0.05) is 31.6 Å². The van der Waals surface area contributed by atoms with Crippen molar-refractivity contribution in [3.8, 4) is 0 Å². The highest BCUT2D eigenvalue weighted by Gasteiger charge is 1.93. The predicted octanol–water partition coefficient (Wildman–Crippen LogP) is -0.187. The van der Waals surface area contributed by atoms with Crippen LogP contribution in [0.15, 0.2) is 23.3 Å². The van der Waals surface area contributed by atoms with E-state index in [0.717, 1.165) is 0 Å². The third-order valence-corrected chi connectivity index (χ3v) is 1.58. The maximum Gasteiger partial charge on any atom is 0.204 e. The summed E-state index contributed by atoms with van der Waals surface area (Å²) >= 11 is 0. The fraction of sp³-hybridized carbons (Fsp3) is 0.375. The molecule has 0 spiro atoms. The molecule has 66 valence electrons. The number of pyridine rings is 1. The minimum Gasteiger partial charge on any atom is -0.396 e. The van der Waals surface area contributed by atoms with Crippen molar-refractivity contribution in [1.29, 1.82) is 0 Å². The summed E-state index contributed by atoms with van der Waals surface area (Å²) in [6, 6.07) is 1.42. The van der Waals surface area contributed by atoms with Crippen LogP contribution >= 0.6 is 0 Å². The van der Waals surface area contributed by atoms with Crippen molar-refractivity contribution in [2.45, 2.75) is 13.0 Å². The van der Waals surface area contributed by atoms with Gasteiger partial charge in [-0.25, -0.2) is 0 Å². The van der Waals surface area contributed by atoms with Crippen LogP contribution in [0.4, 0.5) is 5.69 Å². The Balaban J connectivity index is 2.75. The van der Waals surface area contributed by atoms with Gasteiger partial charge in [-0.1, -0.05) is 0 Å². The van der Waals surface area contributed by atoms with Crippen LogP contribution in [0.3, 0.4) is 0 Å². The molecule has 0 bridgehead atoms. The predicted molar refractivity (Wildman–Crippen MR) is 46.8 cm³/mol. The molecule has 0 radical (unpaired) electrons. The van der Waals surface area contributed by atoms with Crippen molar-refractivity contribution in [1.82, 2.24) is 4.57 Å². The summed E-state index contributed by atoms with van der Waals surface area (Å²) in [5, 5.41) is 8.55. The van der Waals surface area contributed by atoms with Crippen molar-refractivity contribution < 1.29 is 5.11 Å². The number of hydrogen-bond donors (Lipinski definition) is 2. The van der Waals surface area contributed by atoms with Gasteiger partial charge in [-0.3, -0.25) is 4.79 Å². The average Bonchev–Trinajstić information content (AvgIpc) is 2.07. The number of nitrogens with two attached hydrogens (primary N) is 1. The second-order valence-corrected chi connectivity index (χ2v) is 2.58. The summed E-state index contributed by atoms with van der Waals surface area (Å²) in [7, 11) is 0. The van der Waals surface area contributed by atoms with E-state index in [1.807, 2.05) is 0 Å². The Bertz CT molecular complexity index is 306. The molecule has 0 amide bonds. The van der Waals surface area contributed by atoms with Crippen LogP contribution in [0.5, 0.6) is 0 Å². The molecule has 1 rings (SSSR count). The molecule has 0 aliphatic heterocycles. The Kier molecular flexibility index (Phi) is 2.88. The normalized spacial score (nSPS) is 10.1. The fourth-order valence-corrected chi connectivity index (χ4v) is 0.937. The minimum absolute atomic E-state index is 0.145. The van der Waals surface area contributed by atoms with E-state index in [1.54, 1.807) is 17.0 Å². The summed E-state index contributed by atoms with van der Waals surface area (Å²) in [5.74, 6) is 0. The molecule has 0 saturated carbocycles. The molecule has 0 aromatic carbocycles. The second kappa shape index (κ2) is 3.92. The smallest absolute Gasteiger partial charge is 0.204 e. The minimum atomic E-state index is -0.157. The van der Waals surface area contributed by atoms with Gasteiger partial charge >= 0.3 is 0 Å². The Morgan fingerprint density at radius 3 is 2.92 bits per heavy atom. The van der Waals surface area contributed by atoms with Crippen LogP contribution in [0.2, 0.25) is 0 Å². The monoisotopic (exact) mass is 168 g/mol. The molecule has 3 N–H and O–H groups in total. The molecule has 0 saturated heterocycles. The van der Waals surface area contributed by atoms with Gasteiger partial charge in [0.25, 0.3) is 0 Å². The first-order valence-corrected chi connectivity index (χ1v) is 3.80. The van der Waals surface area contributed by atoms with Crippen molar-refractivity contribution in [3.63, 3.8) is 0 Å². The third-order valence-electron chi connectivity index (χ3n) is 1.58. The molecule has 12 heavy (non-hydrogen) atoms. The number of rotatable bonds is 3. The first-order valence-electron chi connectivity index (χ1n) is 3.80. The lowest BCUT2D eigenvalue weighted by Gasteiger charge is -2.04. The maximum atomic E-state index is 10.9. The van der Waals surface area contributed by atoms with Gasteiger partial charge in [-0.05, 0) is 6.42 Å². The van der Waals surface area contributed by atoms with Crippen molar-refractivity contribution in [2.24, 2.45) is 0 Å². The topological polar surface area (TPSA) is 68.2 Å². The van der Waals surface area contributed by atoms with E-state index in [4.69, 9.17) is 10.8 Å². The Morgan fingerprint density at radius 2 is 2.33 bits per heavy atom. The van der Waals surface area contributed by atoms with Crippen LogP contribution in [0.25, 0.3) is 0 Å². The summed E-state index contributed by atoms with van der Waals surface area (Å²) in [5.41, 5.74) is 5.49. The quantitative estimate of drug-likeness (QED) is 0.657. The Morgan fingerprint density at radius 1 is 1.58 bits per heavy atom. The third kappa shape index (κ3) is 2.10. The number of hydrogen-bond acceptors (Lipinski definition) is 3. The van der Waals surface area contributed by atoms with Crippen LogP contribution in [0.1, 0.15) is 6.42 Å². The average molecular weight is 168 g/mol. The Labute approximate surface area is 70.3 Å². The summed E-state index contributed by atoms with van der Waals surface area (Å²) < 4.78 is 1.78. The number of nitrogens with zero attached hydrogens (tertiary/aromatic N) is 1. The van der Waals surface area contributed by atoms with Gasteiger partial charge in [-0.15, -0.1) is 0 Å². The number of aliphatic hydroxyl groups excluding tert-OH is 1. The van der Waals surface area contributed by atoms with Gasteiger partial charge in [0.05, 0.1) is 5.69 Å². The number of aryl methyl sites for hydroxylation is 1. The van der Waals surface area contributed by atoms with E-state index in [-0.39, 0.29) is 17.7 Å². The molecule has 1 aromatic rings. The number of aliphatic hydroxyl groups is 1. The molecular weight excluding hydrogens is 156 g/mol. The number of aromatic nitrogens is 1. The van der Waals surface area contributed by atoms with Crippen LogP contribution < -0.4 is 11.2 Å². The fourth-order valence-electron chi connectivity index (χ4n) is 0.937. The highest BCUT2D eigenvalue weighted by Crippen LogP contribution is 1.94. The van der Waals surface area contributed by atoms with E-state index in [1.165, 1.54) is 6.07 Å². The molecule has 0 atom stereocenters. The second-order valence-electron chi connectivity index (χ2n) is 2.58. The first-order chi connectivity index (χ1) is 5.74. The molecule has 4 nitrogen and oxygen atoms in total. The molecule has 0 aliphatic rings. The lowest BCUT2D eigenvalue weighted by molar-refractivity contribution is 0.279. The van der Waals surface area contributed by atoms with E-state index in [0.29, 0.717) is 13.0 Å². The zero-order valence-electron chi connectivity index (χ0n) is 6.73. The Hall–Kier alpha value is -1.29. The summed E-state index contributed by atoms with van der Waals surface area (Å²) in [6.45, 7) is 0.826. The first kappa shape index (κ1) is 8.80. The largest absolute Gasteiger partial charge is 0.396 e. The SMILES string of the molecule is Nc1cn(CCCO)ccc1=O. The standard InChI is InChI=1S/C8H12N2O2/c9-7-6-10(3-1-5-11)4-2-8(7)12/h2,4,6,11H,1,3,5,9H2. The lowest BCUT2D eigenvalue weighted by atomic mass is 10.4. The van der Waals surface area contributed by atoms with Crippen LogP contribution in [0, 0.1) is 0 Å². The number of anilines is 1. The van der Waals surface area contributed by atoms with E-state index < -0.39 is 0 Å². The zero-order chi connectivity index (χ0) is 8.97. The van der Waals surface area contributed by atoms with Crippen LogP contribution in [-0.2, 0) is 6.54 Å². The highest BCUT2D eigenvalue weighted by molar-refractivity contribution is 5.33. The van der Waals surface area contributed by atoms with Gasteiger partial charge in [0.15, 0.2) is 0 Å². The van der Waals surface area contributed by atoms with Crippen molar-refractivity contribution >= 4 is 5.69 Å². The highest BCUT2D eigenvalue weighted by atomic mass is 16.3. The van der Waals surface area contributed by atoms with Gasteiger partial charge in [0.1, 0.15) is 0 Å². The lowest BCUT2D eigenvalue weighted by Crippen LogP contribution is -2.11. The zero-order valence-corrected chi connectivity index (χ0v) is 6.73. The van der Waals surface area contributed by atoms with E-state index >= 15 is 0 Å². The molecule has 1 aromatic heterocycles. The number of nitrogen functional groups attached to an aromatic ring is 1. The molecule has 0 aliphatic carbocycles. The van der Waals surface area contributed by atoms with Crippen LogP contribution in [-0.4, -0.2) is 16.3 Å². The van der Waals surface area contributed by atoms with Crippen molar-refractivity contribution in [3.05, 3.63) is 28.7 Å². The molecular formula is C8H12N2O2. The maximum absolute atomic E-state index is 10.9. The van der Waals surface area contributed by atoms with Crippen molar-refractivity contribution in [2.75, 3.05) is 12.3 Å². The molecule has 0 fully saturated rings. The van der Waals surface area contributed by atoms with Gasteiger partial charge in [-0.2, -0.15) is 0 Å². The molecule has 4 heteroatoms. The van der Waals surface area contributed by atoms with Gasteiger partial charge in [0.2, 0.25) is 5.43 Å². The molecule has 0 unspecified atom stereocenters. The molecule has 1 heterocycles.